The van der Waals surface area contributed by atoms with Crippen molar-refractivity contribution in [2.45, 2.75) is 39.7 Å². The van der Waals surface area contributed by atoms with E-state index in [-0.39, 0.29) is 11.3 Å². The number of anilines is 1. The van der Waals surface area contributed by atoms with Crippen LogP contribution in [0.15, 0.2) is 18.2 Å². The summed E-state index contributed by atoms with van der Waals surface area (Å²) < 4.78 is 5.09. The van der Waals surface area contributed by atoms with Crippen molar-refractivity contribution < 1.29 is 19.4 Å². The van der Waals surface area contributed by atoms with Crippen molar-refractivity contribution in [2.24, 2.45) is 0 Å². The monoisotopic (exact) mass is 265 g/mol. The Hall–Kier alpha value is -2.04. The minimum atomic E-state index is -1.08. The number of carboxylic acids is 1. The minimum Gasteiger partial charge on any atom is -0.478 e. The summed E-state index contributed by atoms with van der Waals surface area (Å²) >= 11 is 0. The van der Waals surface area contributed by atoms with Crippen LogP contribution in [-0.2, 0) is 11.2 Å². The fourth-order valence-corrected chi connectivity index (χ4v) is 1.51. The highest BCUT2D eigenvalue weighted by Gasteiger charge is 2.18. The zero-order valence-corrected chi connectivity index (χ0v) is 11.6. The summed E-state index contributed by atoms with van der Waals surface area (Å²) in [5.74, 6) is -1.08. The van der Waals surface area contributed by atoms with Gasteiger partial charge in [0.2, 0.25) is 0 Å². The molecule has 0 fully saturated rings. The minimum absolute atomic E-state index is 0.0604. The standard InChI is InChI=1S/C14H19NO4/c1-5-9-6-7-11(10(8-9)12(16)17)15-13(18)19-14(2,3)4/h6-8H,5H2,1-4H3,(H,15,18)(H,16,17). The van der Waals surface area contributed by atoms with Crippen molar-refractivity contribution in [3.63, 3.8) is 0 Å². The van der Waals surface area contributed by atoms with Crippen molar-refractivity contribution in [2.75, 3.05) is 5.32 Å². The van der Waals surface area contributed by atoms with Crippen LogP contribution >= 0.6 is 0 Å². The maximum Gasteiger partial charge on any atom is 0.412 e. The molecule has 1 aromatic rings. The van der Waals surface area contributed by atoms with Gasteiger partial charge >= 0.3 is 12.1 Å². The number of hydrogen-bond donors (Lipinski definition) is 2. The molecule has 0 saturated carbocycles. The van der Waals surface area contributed by atoms with E-state index < -0.39 is 17.7 Å². The summed E-state index contributed by atoms with van der Waals surface area (Å²) in [7, 11) is 0. The van der Waals surface area contributed by atoms with Crippen LogP contribution in [0.2, 0.25) is 0 Å². The molecule has 5 nitrogen and oxygen atoms in total. The molecule has 1 rings (SSSR count). The average Bonchev–Trinajstić information content (AvgIpc) is 2.26. The van der Waals surface area contributed by atoms with Crippen molar-refractivity contribution in [1.29, 1.82) is 0 Å². The number of aromatic carboxylic acids is 1. The van der Waals surface area contributed by atoms with Crippen LogP contribution in [0.5, 0.6) is 0 Å². The average molecular weight is 265 g/mol. The SMILES string of the molecule is CCc1ccc(NC(=O)OC(C)(C)C)c(C(=O)O)c1. The van der Waals surface area contributed by atoms with Gasteiger partial charge in [0.1, 0.15) is 5.60 Å². The Balaban J connectivity index is 2.95. The number of hydrogen-bond acceptors (Lipinski definition) is 3. The molecule has 2 N–H and O–H groups in total. The Morgan fingerprint density at radius 3 is 2.42 bits per heavy atom. The first-order valence-corrected chi connectivity index (χ1v) is 6.09. The largest absolute Gasteiger partial charge is 0.478 e. The van der Waals surface area contributed by atoms with E-state index in [4.69, 9.17) is 9.84 Å². The van der Waals surface area contributed by atoms with Gasteiger partial charge < -0.3 is 9.84 Å². The number of carbonyl (C=O) groups is 2. The fourth-order valence-electron chi connectivity index (χ4n) is 1.51. The molecular weight excluding hydrogens is 246 g/mol. The van der Waals surface area contributed by atoms with Crippen LogP contribution in [-0.4, -0.2) is 22.8 Å². The summed E-state index contributed by atoms with van der Waals surface area (Å²) in [5.41, 5.74) is 0.563. The van der Waals surface area contributed by atoms with E-state index in [2.05, 4.69) is 5.32 Å². The Morgan fingerprint density at radius 1 is 1.32 bits per heavy atom. The molecule has 0 aliphatic rings. The summed E-state index contributed by atoms with van der Waals surface area (Å²) in [6.07, 6.45) is 0.0618. The van der Waals surface area contributed by atoms with Gasteiger partial charge in [-0.1, -0.05) is 13.0 Å². The summed E-state index contributed by atoms with van der Waals surface area (Å²) in [6, 6.07) is 4.90. The molecule has 0 saturated heterocycles. The Labute approximate surface area is 112 Å². The topological polar surface area (TPSA) is 75.6 Å². The van der Waals surface area contributed by atoms with Gasteiger partial charge in [-0.25, -0.2) is 9.59 Å². The van der Waals surface area contributed by atoms with Crippen LogP contribution in [0.3, 0.4) is 0 Å². The normalized spacial score (nSPS) is 10.9. The molecule has 1 amide bonds. The number of rotatable bonds is 3. The van der Waals surface area contributed by atoms with Gasteiger partial charge in [0.25, 0.3) is 0 Å². The molecule has 0 spiro atoms. The molecule has 0 aromatic heterocycles. The fraction of sp³-hybridized carbons (Fsp3) is 0.429. The molecule has 0 aliphatic carbocycles. The van der Waals surface area contributed by atoms with Crippen LogP contribution in [0.4, 0.5) is 10.5 Å². The van der Waals surface area contributed by atoms with Crippen molar-refractivity contribution in [1.82, 2.24) is 0 Å². The van der Waals surface area contributed by atoms with Crippen LogP contribution in [0, 0.1) is 0 Å². The highest BCUT2D eigenvalue weighted by Crippen LogP contribution is 2.19. The molecule has 0 unspecified atom stereocenters. The first-order valence-electron chi connectivity index (χ1n) is 6.09. The Bertz CT molecular complexity index is 489. The first kappa shape index (κ1) is 15.0. The number of ether oxygens (including phenoxy) is 1. The molecule has 0 heterocycles. The van der Waals surface area contributed by atoms with E-state index in [1.54, 1.807) is 39.0 Å². The molecule has 0 radical (unpaired) electrons. The summed E-state index contributed by atoms with van der Waals surface area (Å²) in [6.45, 7) is 7.16. The predicted molar refractivity (Wildman–Crippen MR) is 72.6 cm³/mol. The summed E-state index contributed by atoms with van der Waals surface area (Å²) in [5, 5.41) is 11.6. The van der Waals surface area contributed by atoms with E-state index >= 15 is 0 Å². The molecule has 0 atom stereocenters. The lowest BCUT2D eigenvalue weighted by molar-refractivity contribution is 0.0636. The van der Waals surface area contributed by atoms with Gasteiger partial charge in [-0.05, 0) is 44.9 Å². The predicted octanol–water partition coefficient (Wildman–Crippen LogP) is 3.29. The van der Waals surface area contributed by atoms with Crippen LogP contribution in [0.25, 0.3) is 0 Å². The number of aryl methyl sites for hydroxylation is 1. The van der Waals surface area contributed by atoms with Gasteiger partial charge in [-0.15, -0.1) is 0 Å². The lowest BCUT2D eigenvalue weighted by atomic mass is 10.1. The molecule has 0 aliphatic heterocycles. The zero-order chi connectivity index (χ0) is 14.6. The smallest absolute Gasteiger partial charge is 0.412 e. The number of amides is 1. The van der Waals surface area contributed by atoms with E-state index in [9.17, 15) is 9.59 Å². The molecule has 19 heavy (non-hydrogen) atoms. The van der Waals surface area contributed by atoms with Crippen LogP contribution in [0.1, 0.15) is 43.6 Å². The number of nitrogens with one attached hydrogen (secondary N) is 1. The van der Waals surface area contributed by atoms with Gasteiger partial charge in [-0.2, -0.15) is 0 Å². The quantitative estimate of drug-likeness (QED) is 0.879. The maximum atomic E-state index is 11.6. The number of benzene rings is 1. The Morgan fingerprint density at radius 2 is 1.95 bits per heavy atom. The third-order valence-electron chi connectivity index (χ3n) is 2.36. The van der Waals surface area contributed by atoms with Crippen molar-refractivity contribution >= 4 is 17.7 Å². The second kappa shape index (κ2) is 5.73. The third-order valence-corrected chi connectivity index (χ3v) is 2.36. The van der Waals surface area contributed by atoms with Gasteiger partial charge in [0.15, 0.2) is 0 Å². The Kier molecular flexibility index (Phi) is 4.53. The molecular formula is C14H19NO4. The van der Waals surface area contributed by atoms with Gasteiger partial charge in [0, 0.05) is 0 Å². The van der Waals surface area contributed by atoms with E-state index in [0.29, 0.717) is 0 Å². The molecule has 5 heteroatoms. The third kappa shape index (κ3) is 4.62. The second-order valence-corrected chi connectivity index (χ2v) is 5.17. The van der Waals surface area contributed by atoms with Crippen molar-refractivity contribution in [3.05, 3.63) is 29.3 Å². The van der Waals surface area contributed by atoms with Gasteiger partial charge in [0.05, 0.1) is 11.3 Å². The lowest BCUT2D eigenvalue weighted by Gasteiger charge is -2.20. The molecule has 1 aromatic carbocycles. The van der Waals surface area contributed by atoms with E-state index in [1.807, 2.05) is 6.92 Å². The second-order valence-electron chi connectivity index (χ2n) is 5.17. The van der Waals surface area contributed by atoms with Crippen LogP contribution < -0.4 is 5.32 Å². The summed E-state index contributed by atoms with van der Waals surface area (Å²) in [4.78, 5) is 22.8. The molecule has 104 valence electrons. The van der Waals surface area contributed by atoms with E-state index in [1.165, 1.54) is 0 Å². The van der Waals surface area contributed by atoms with E-state index in [0.717, 1.165) is 12.0 Å². The molecule has 0 bridgehead atoms. The lowest BCUT2D eigenvalue weighted by Crippen LogP contribution is -2.27. The number of carbonyl (C=O) groups excluding carboxylic acids is 1. The number of carboxylic acid groups (broad SMARTS) is 1. The first-order chi connectivity index (χ1) is 8.73. The van der Waals surface area contributed by atoms with Gasteiger partial charge in [-0.3, -0.25) is 5.32 Å². The maximum absolute atomic E-state index is 11.6. The van der Waals surface area contributed by atoms with Crippen molar-refractivity contribution in [3.8, 4) is 0 Å². The highest BCUT2D eigenvalue weighted by molar-refractivity contribution is 5.99. The highest BCUT2D eigenvalue weighted by atomic mass is 16.6. The zero-order valence-electron chi connectivity index (χ0n) is 11.6.